The number of nitrogens with zero attached hydrogens (tertiary/aromatic N) is 2. The van der Waals surface area contributed by atoms with Crippen LogP contribution in [0.4, 0.5) is 0 Å². The van der Waals surface area contributed by atoms with Crippen molar-refractivity contribution in [2.24, 2.45) is 10.4 Å². The number of carbonyl (C=O) groups is 1. The molecule has 1 aromatic heterocycles. The molecule has 2 rings (SSSR count). The minimum atomic E-state index is 0. The lowest BCUT2D eigenvalue weighted by atomic mass is 9.75. The number of thiophene rings is 1. The topological polar surface area (TPSA) is 56.7 Å². The zero-order chi connectivity index (χ0) is 18.4. The highest BCUT2D eigenvalue weighted by molar-refractivity contribution is 14.0. The minimum Gasteiger partial charge on any atom is -0.354 e. The summed E-state index contributed by atoms with van der Waals surface area (Å²) in [5.74, 6) is 0.746. The summed E-state index contributed by atoms with van der Waals surface area (Å²) in [7, 11) is 3.52. The number of likely N-dealkylation sites (N-methyl/N-ethyl adjacent to an activating group) is 1. The molecule has 0 aliphatic heterocycles. The Hall–Kier alpha value is -0.830. The van der Waals surface area contributed by atoms with Gasteiger partial charge in [0.2, 0.25) is 5.91 Å². The highest BCUT2D eigenvalue weighted by Gasteiger charge is 2.27. The molecule has 1 fully saturated rings. The van der Waals surface area contributed by atoms with E-state index in [1.165, 1.54) is 17.7 Å². The van der Waals surface area contributed by atoms with Gasteiger partial charge in [0.05, 0.1) is 6.04 Å². The molecule has 1 heterocycles. The van der Waals surface area contributed by atoms with Gasteiger partial charge < -0.3 is 15.5 Å². The van der Waals surface area contributed by atoms with Gasteiger partial charge in [0.15, 0.2) is 5.96 Å². The highest BCUT2D eigenvalue weighted by atomic mass is 127. The number of aliphatic imine (C=N–C) groups is 1. The summed E-state index contributed by atoms with van der Waals surface area (Å²) < 4.78 is 0. The number of halogens is 1. The quantitative estimate of drug-likeness (QED) is 0.371. The third kappa shape index (κ3) is 7.42. The van der Waals surface area contributed by atoms with Crippen LogP contribution < -0.4 is 10.6 Å². The molecule has 0 aromatic carbocycles. The van der Waals surface area contributed by atoms with Gasteiger partial charge in [-0.3, -0.25) is 4.79 Å². The number of guanidine groups is 1. The van der Waals surface area contributed by atoms with E-state index < -0.39 is 0 Å². The number of hydrogen-bond acceptors (Lipinski definition) is 3. The average Bonchev–Trinajstić information content (AvgIpc) is 3.08. The summed E-state index contributed by atoms with van der Waals surface area (Å²) in [6.45, 7) is 6.97. The van der Waals surface area contributed by atoms with Crippen molar-refractivity contribution in [1.29, 1.82) is 0 Å². The second-order valence-corrected chi connectivity index (χ2v) is 8.90. The number of rotatable bonds is 5. The Morgan fingerprint density at radius 2 is 2.04 bits per heavy atom. The molecule has 26 heavy (non-hydrogen) atoms. The predicted octanol–water partition coefficient (Wildman–Crippen LogP) is 4.02. The van der Waals surface area contributed by atoms with Gasteiger partial charge in [0.25, 0.3) is 0 Å². The van der Waals surface area contributed by atoms with Crippen LogP contribution in [-0.4, -0.2) is 43.4 Å². The zero-order valence-electron chi connectivity index (χ0n) is 16.5. The molecular weight excluding hydrogens is 459 g/mol. The number of nitrogens with one attached hydrogen (secondary N) is 2. The van der Waals surface area contributed by atoms with Gasteiger partial charge in [-0.2, -0.15) is 0 Å². The van der Waals surface area contributed by atoms with Crippen molar-refractivity contribution in [3.05, 3.63) is 22.4 Å². The fraction of sp³-hybridized carbons (Fsp3) is 0.684. The van der Waals surface area contributed by atoms with Gasteiger partial charge in [-0.25, -0.2) is 4.99 Å². The van der Waals surface area contributed by atoms with Crippen LogP contribution in [0, 0.1) is 5.41 Å². The van der Waals surface area contributed by atoms with E-state index in [1.54, 1.807) is 30.3 Å². The van der Waals surface area contributed by atoms with Crippen LogP contribution in [-0.2, 0) is 4.79 Å². The maximum absolute atomic E-state index is 11.9. The van der Waals surface area contributed by atoms with Crippen LogP contribution in [0.5, 0.6) is 0 Å². The molecule has 1 aromatic rings. The Morgan fingerprint density at radius 3 is 2.58 bits per heavy atom. The first-order valence-electron chi connectivity index (χ1n) is 9.08. The molecule has 148 valence electrons. The first kappa shape index (κ1) is 23.2. The molecule has 1 saturated carbocycles. The third-order valence-corrected chi connectivity index (χ3v) is 5.93. The molecule has 1 aliphatic rings. The van der Waals surface area contributed by atoms with Crippen molar-refractivity contribution in [3.63, 3.8) is 0 Å². The van der Waals surface area contributed by atoms with Gasteiger partial charge in [0.1, 0.15) is 6.54 Å². The number of hydrogen-bond donors (Lipinski definition) is 2. The minimum absolute atomic E-state index is 0. The van der Waals surface area contributed by atoms with Crippen molar-refractivity contribution in [3.8, 4) is 0 Å². The first-order valence-corrected chi connectivity index (χ1v) is 9.96. The largest absolute Gasteiger partial charge is 0.354 e. The van der Waals surface area contributed by atoms with Crippen molar-refractivity contribution >= 4 is 47.2 Å². The van der Waals surface area contributed by atoms with Crippen molar-refractivity contribution < 1.29 is 4.79 Å². The molecule has 1 aliphatic carbocycles. The molecule has 1 unspecified atom stereocenters. The summed E-state index contributed by atoms with van der Waals surface area (Å²) in [4.78, 5) is 19.3. The Bertz CT molecular complexity index is 576. The van der Waals surface area contributed by atoms with Crippen LogP contribution in [0.15, 0.2) is 22.5 Å². The maximum atomic E-state index is 11.9. The van der Waals surface area contributed by atoms with E-state index in [2.05, 4.69) is 53.9 Å². The van der Waals surface area contributed by atoms with E-state index in [9.17, 15) is 4.79 Å². The van der Waals surface area contributed by atoms with Crippen molar-refractivity contribution in [2.45, 2.75) is 58.5 Å². The summed E-state index contributed by atoms with van der Waals surface area (Å²) in [5.41, 5.74) is 0.439. The van der Waals surface area contributed by atoms with E-state index in [-0.39, 0.29) is 42.5 Å². The van der Waals surface area contributed by atoms with Gasteiger partial charge in [-0.05, 0) is 49.5 Å². The molecule has 1 atom stereocenters. The van der Waals surface area contributed by atoms with Crippen molar-refractivity contribution in [1.82, 2.24) is 15.5 Å². The lowest BCUT2D eigenvalue weighted by Gasteiger charge is -2.35. The van der Waals surface area contributed by atoms with Gasteiger partial charge >= 0.3 is 0 Å². The predicted molar refractivity (Wildman–Crippen MR) is 121 cm³/mol. The Labute approximate surface area is 179 Å². The maximum Gasteiger partial charge on any atom is 0.243 e. The second-order valence-electron chi connectivity index (χ2n) is 7.92. The van der Waals surface area contributed by atoms with E-state index in [1.807, 2.05) is 0 Å². The van der Waals surface area contributed by atoms with E-state index in [0.717, 1.165) is 18.8 Å². The van der Waals surface area contributed by atoms with Gasteiger partial charge in [-0.15, -0.1) is 35.3 Å². The fourth-order valence-electron chi connectivity index (χ4n) is 2.97. The lowest BCUT2D eigenvalue weighted by molar-refractivity contribution is -0.127. The highest BCUT2D eigenvalue weighted by Crippen LogP contribution is 2.35. The molecule has 1 amide bonds. The van der Waals surface area contributed by atoms with Gasteiger partial charge in [0, 0.05) is 25.0 Å². The molecule has 0 saturated heterocycles. The molecular formula is C19H33IN4OS. The SMILES string of the molecule is CC(NC(=NCC(=O)N(C)C)NC1CCC(C)(C)CC1)c1cccs1.I. The zero-order valence-corrected chi connectivity index (χ0v) is 19.7. The Kier molecular flexibility index (Phi) is 9.36. The first-order chi connectivity index (χ1) is 11.8. The standard InChI is InChI=1S/C19H32N4OS.HI/c1-14(16-7-6-12-25-16)21-18(20-13-17(24)23(4)5)22-15-8-10-19(2,3)11-9-15;/h6-7,12,14-15H,8-11,13H2,1-5H3,(H2,20,21,22);1H. The van der Waals surface area contributed by atoms with Gasteiger partial charge in [-0.1, -0.05) is 19.9 Å². The summed E-state index contributed by atoms with van der Waals surface area (Å²) in [6, 6.07) is 4.76. The van der Waals surface area contributed by atoms with E-state index >= 15 is 0 Å². The molecule has 0 spiro atoms. The van der Waals surface area contributed by atoms with Crippen LogP contribution in [0.2, 0.25) is 0 Å². The monoisotopic (exact) mass is 492 g/mol. The smallest absolute Gasteiger partial charge is 0.243 e. The molecule has 2 N–H and O–H groups in total. The Morgan fingerprint density at radius 1 is 1.38 bits per heavy atom. The normalized spacial score (nSPS) is 18.6. The molecule has 5 nitrogen and oxygen atoms in total. The van der Waals surface area contributed by atoms with E-state index in [0.29, 0.717) is 11.5 Å². The van der Waals surface area contributed by atoms with Crippen LogP contribution in [0.1, 0.15) is 57.4 Å². The summed E-state index contributed by atoms with van der Waals surface area (Å²) in [5, 5.41) is 9.09. The Balaban J connectivity index is 0.00000338. The van der Waals surface area contributed by atoms with Crippen LogP contribution in [0.25, 0.3) is 0 Å². The molecule has 0 radical (unpaired) electrons. The third-order valence-electron chi connectivity index (χ3n) is 4.87. The summed E-state index contributed by atoms with van der Waals surface area (Å²) in [6.07, 6.45) is 4.72. The number of carbonyl (C=O) groups excluding carboxylic acids is 1. The number of amides is 1. The molecule has 7 heteroatoms. The van der Waals surface area contributed by atoms with Crippen molar-refractivity contribution in [2.75, 3.05) is 20.6 Å². The van der Waals surface area contributed by atoms with Crippen LogP contribution >= 0.6 is 35.3 Å². The summed E-state index contributed by atoms with van der Waals surface area (Å²) >= 11 is 1.73. The average molecular weight is 492 g/mol. The molecule has 0 bridgehead atoms. The van der Waals surface area contributed by atoms with E-state index in [4.69, 9.17) is 0 Å². The second kappa shape index (κ2) is 10.5. The fourth-order valence-corrected chi connectivity index (χ4v) is 3.71. The van der Waals surface area contributed by atoms with Crippen LogP contribution in [0.3, 0.4) is 0 Å². The lowest BCUT2D eigenvalue weighted by Crippen LogP contribution is -2.46.